The number of carbonyl (C=O) groups excluding carboxylic acids is 3. The molecular formula is C22H24N4O6S. The van der Waals surface area contributed by atoms with Crippen molar-refractivity contribution in [1.82, 2.24) is 20.4 Å². The summed E-state index contributed by atoms with van der Waals surface area (Å²) >= 11 is 1.48. The number of nitrogens with zero attached hydrogens (tertiary/aromatic N) is 3. The second-order valence-corrected chi connectivity index (χ2v) is 8.53. The van der Waals surface area contributed by atoms with Crippen LogP contribution in [-0.4, -0.2) is 65.4 Å². The summed E-state index contributed by atoms with van der Waals surface area (Å²) in [5.41, 5.74) is 1.57. The van der Waals surface area contributed by atoms with E-state index in [-0.39, 0.29) is 23.4 Å². The number of rotatable bonds is 6. The second-order valence-electron chi connectivity index (χ2n) is 7.58. The van der Waals surface area contributed by atoms with E-state index in [1.54, 1.807) is 24.8 Å². The van der Waals surface area contributed by atoms with Crippen LogP contribution in [0.15, 0.2) is 28.1 Å². The van der Waals surface area contributed by atoms with Crippen LogP contribution in [0.25, 0.3) is 21.7 Å². The van der Waals surface area contributed by atoms with Gasteiger partial charge in [-0.25, -0.2) is 14.6 Å². The maximum Gasteiger partial charge on any atom is 0.409 e. The fourth-order valence-corrected chi connectivity index (χ4v) is 4.39. The van der Waals surface area contributed by atoms with Crippen molar-refractivity contribution in [3.63, 3.8) is 0 Å². The minimum Gasteiger partial charge on any atom is -0.452 e. The summed E-state index contributed by atoms with van der Waals surface area (Å²) in [4.78, 5) is 43.9. The summed E-state index contributed by atoms with van der Waals surface area (Å²) < 4.78 is 15.6. The van der Waals surface area contributed by atoms with E-state index in [9.17, 15) is 14.4 Å². The van der Waals surface area contributed by atoms with Crippen molar-refractivity contribution < 1.29 is 28.4 Å². The van der Waals surface area contributed by atoms with Crippen LogP contribution in [0.2, 0.25) is 0 Å². The molecule has 0 saturated carbocycles. The molecule has 4 rings (SSSR count). The molecule has 0 atom stereocenters. The van der Waals surface area contributed by atoms with Gasteiger partial charge in [0.15, 0.2) is 6.61 Å². The molecule has 0 radical (unpaired) electrons. The molecule has 0 aliphatic carbocycles. The fourth-order valence-electron chi connectivity index (χ4n) is 3.71. The summed E-state index contributed by atoms with van der Waals surface area (Å²) in [5.74, 6) is -1.05. The van der Waals surface area contributed by atoms with Crippen molar-refractivity contribution in [2.45, 2.75) is 32.7 Å². The number of piperidine rings is 1. The number of likely N-dealkylation sites (tertiary alicyclic amines) is 1. The Labute approximate surface area is 193 Å². The van der Waals surface area contributed by atoms with Gasteiger partial charge in [-0.1, -0.05) is 11.2 Å². The molecule has 11 heteroatoms. The zero-order chi connectivity index (χ0) is 23.4. The highest BCUT2D eigenvalue weighted by Crippen LogP contribution is 2.29. The number of amides is 2. The summed E-state index contributed by atoms with van der Waals surface area (Å²) in [5, 5.41) is 9.14. The predicted molar refractivity (Wildman–Crippen MR) is 120 cm³/mol. The Hall–Kier alpha value is -3.47. The third-order valence-corrected chi connectivity index (χ3v) is 6.22. The molecule has 33 heavy (non-hydrogen) atoms. The average molecular weight is 473 g/mol. The van der Waals surface area contributed by atoms with Gasteiger partial charge in [-0.05, 0) is 44.2 Å². The number of hydrogen-bond acceptors (Lipinski definition) is 9. The van der Waals surface area contributed by atoms with Gasteiger partial charge in [-0.3, -0.25) is 4.79 Å². The second kappa shape index (κ2) is 9.99. The van der Waals surface area contributed by atoms with E-state index in [0.717, 1.165) is 4.88 Å². The van der Waals surface area contributed by atoms with Crippen LogP contribution in [0.4, 0.5) is 4.79 Å². The van der Waals surface area contributed by atoms with E-state index >= 15 is 0 Å². The molecule has 1 aliphatic rings. The standard InChI is InChI=1S/C22H24N4O6S/c1-3-30-22(29)26-8-6-14(7-9-26)23-18(27)12-31-21(28)15-11-16(17-5-4-10-33-17)24-20-19(15)13(2)25-32-20/h4-5,10-11,14H,3,6-9,12H2,1-2H3,(H,23,27). The van der Waals surface area contributed by atoms with Gasteiger partial charge in [-0.2, -0.15) is 0 Å². The van der Waals surface area contributed by atoms with E-state index < -0.39 is 18.5 Å². The lowest BCUT2D eigenvalue weighted by atomic mass is 10.1. The highest BCUT2D eigenvalue weighted by atomic mass is 32.1. The summed E-state index contributed by atoms with van der Waals surface area (Å²) in [6.07, 6.45) is 0.868. The molecule has 1 N–H and O–H groups in total. The first-order valence-electron chi connectivity index (χ1n) is 10.6. The SMILES string of the molecule is CCOC(=O)N1CCC(NC(=O)COC(=O)c2cc(-c3cccs3)nc3onc(C)c23)CC1. The number of hydrogen-bond donors (Lipinski definition) is 1. The van der Waals surface area contributed by atoms with E-state index in [2.05, 4.69) is 15.5 Å². The Morgan fingerprint density at radius 3 is 2.76 bits per heavy atom. The Kier molecular flexibility index (Phi) is 6.87. The first-order chi connectivity index (χ1) is 16.0. The van der Waals surface area contributed by atoms with Crippen molar-refractivity contribution in [2.75, 3.05) is 26.3 Å². The number of aromatic nitrogens is 2. The molecule has 4 heterocycles. The monoisotopic (exact) mass is 472 g/mol. The Bertz CT molecular complexity index is 1150. The maximum absolute atomic E-state index is 12.9. The highest BCUT2D eigenvalue weighted by Gasteiger charge is 2.25. The predicted octanol–water partition coefficient (Wildman–Crippen LogP) is 3.15. The molecule has 0 bridgehead atoms. The maximum atomic E-state index is 12.9. The number of pyridine rings is 1. The summed E-state index contributed by atoms with van der Waals surface area (Å²) in [6, 6.07) is 5.30. The van der Waals surface area contributed by atoms with Crippen LogP contribution in [0.1, 0.15) is 35.8 Å². The molecule has 0 aromatic carbocycles. The highest BCUT2D eigenvalue weighted by molar-refractivity contribution is 7.13. The third kappa shape index (κ3) is 5.14. The van der Waals surface area contributed by atoms with Gasteiger partial charge in [0.1, 0.15) is 0 Å². The smallest absolute Gasteiger partial charge is 0.409 e. The Morgan fingerprint density at radius 1 is 1.27 bits per heavy atom. The molecule has 0 spiro atoms. The van der Waals surface area contributed by atoms with Gasteiger partial charge in [0.25, 0.3) is 11.6 Å². The van der Waals surface area contributed by atoms with Gasteiger partial charge in [-0.15, -0.1) is 11.3 Å². The number of fused-ring (bicyclic) bond motifs is 1. The number of aryl methyl sites for hydroxylation is 1. The van der Waals surface area contributed by atoms with Crippen LogP contribution < -0.4 is 5.32 Å². The van der Waals surface area contributed by atoms with E-state index in [1.807, 2.05) is 17.5 Å². The topological polar surface area (TPSA) is 124 Å². The molecule has 10 nitrogen and oxygen atoms in total. The number of thiophene rings is 1. The number of carbonyl (C=O) groups is 3. The van der Waals surface area contributed by atoms with Gasteiger partial charge < -0.3 is 24.2 Å². The van der Waals surface area contributed by atoms with Crippen molar-refractivity contribution in [1.29, 1.82) is 0 Å². The van der Waals surface area contributed by atoms with Gasteiger partial charge >= 0.3 is 12.1 Å². The van der Waals surface area contributed by atoms with Crippen molar-refractivity contribution in [3.05, 3.63) is 34.8 Å². The molecule has 174 valence electrons. The average Bonchev–Trinajstić information content (AvgIpc) is 3.48. The number of esters is 1. The zero-order valence-electron chi connectivity index (χ0n) is 18.3. The summed E-state index contributed by atoms with van der Waals surface area (Å²) in [7, 11) is 0. The molecule has 1 fully saturated rings. The Morgan fingerprint density at radius 2 is 2.06 bits per heavy atom. The molecule has 1 aliphatic heterocycles. The summed E-state index contributed by atoms with van der Waals surface area (Å²) in [6.45, 7) is 4.38. The van der Waals surface area contributed by atoms with E-state index in [1.165, 1.54) is 11.3 Å². The normalized spacial score (nSPS) is 14.3. The van der Waals surface area contributed by atoms with E-state index in [4.69, 9.17) is 14.0 Å². The lowest BCUT2D eigenvalue weighted by Crippen LogP contribution is -2.47. The Balaban J connectivity index is 1.37. The van der Waals surface area contributed by atoms with Gasteiger partial charge in [0.05, 0.1) is 33.8 Å². The lowest BCUT2D eigenvalue weighted by Gasteiger charge is -2.31. The van der Waals surface area contributed by atoms with Crippen molar-refractivity contribution >= 4 is 40.4 Å². The molecule has 3 aromatic heterocycles. The molecule has 2 amide bonds. The van der Waals surface area contributed by atoms with Crippen LogP contribution in [0, 0.1) is 6.92 Å². The largest absolute Gasteiger partial charge is 0.452 e. The third-order valence-electron chi connectivity index (χ3n) is 5.33. The fraction of sp³-hybridized carbons (Fsp3) is 0.409. The van der Waals surface area contributed by atoms with Crippen LogP contribution in [0.3, 0.4) is 0 Å². The van der Waals surface area contributed by atoms with Crippen molar-refractivity contribution in [2.24, 2.45) is 0 Å². The molecule has 3 aromatic rings. The number of nitrogens with one attached hydrogen (secondary N) is 1. The minimum absolute atomic E-state index is 0.0970. The van der Waals surface area contributed by atoms with Crippen molar-refractivity contribution in [3.8, 4) is 10.6 Å². The quantitative estimate of drug-likeness (QED) is 0.543. The minimum atomic E-state index is -0.654. The van der Waals surface area contributed by atoms with Crippen LogP contribution >= 0.6 is 11.3 Å². The lowest BCUT2D eigenvalue weighted by molar-refractivity contribution is -0.125. The van der Waals surface area contributed by atoms with E-state index in [0.29, 0.717) is 49.3 Å². The van der Waals surface area contributed by atoms with Gasteiger partial charge in [0, 0.05) is 19.1 Å². The molecular weight excluding hydrogens is 448 g/mol. The number of ether oxygens (including phenoxy) is 2. The first-order valence-corrected chi connectivity index (χ1v) is 11.5. The van der Waals surface area contributed by atoms with Crippen LogP contribution in [-0.2, 0) is 14.3 Å². The van der Waals surface area contributed by atoms with Gasteiger partial charge in [0.2, 0.25) is 0 Å². The zero-order valence-corrected chi connectivity index (χ0v) is 19.1. The first kappa shape index (κ1) is 22.7. The molecule has 1 saturated heterocycles. The molecule has 0 unspecified atom stereocenters. The van der Waals surface area contributed by atoms with Crippen LogP contribution in [0.5, 0.6) is 0 Å².